The number of pyridine rings is 1. The van der Waals surface area contributed by atoms with Gasteiger partial charge in [-0.25, -0.2) is 14.4 Å². The molecule has 4 rings (SSSR count). The second-order valence-corrected chi connectivity index (χ2v) is 10.2. The summed E-state index contributed by atoms with van der Waals surface area (Å²) in [6.45, 7) is 8.63. The zero-order chi connectivity index (χ0) is 26.9. The third kappa shape index (κ3) is 6.67. The lowest BCUT2D eigenvalue weighted by atomic mass is 9.86. The molecule has 1 fully saturated rings. The molecule has 0 radical (unpaired) electrons. The Morgan fingerprint density at radius 1 is 1.32 bits per heavy atom. The normalized spacial score (nSPS) is 19.5. The molecular formula is C30H35FN6S. The summed E-state index contributed by atoms with van der Waals surface area (Å²) < 4.78 is 16.7. The highest BCUT2D eigenvalue weighted by Gasteiger charge is 2.30. The van der Waals surface area contributed by atoms with Gasteiger partial charge in [0.25, 0.3) is 0 Å². The number of hydrogen-bond donors (Lipinski definition) is 3. The minimum Gasteiger partial charge on any atom is -0.347 e. The number of thiol groups is 1. The predicted octanol–water partition coefficient (Wildman–Crippen LogP) is 7.13. The molecule has 2 aliphatic carbocycles. The standard InChI is InChI=1S/C30H35FN6S/c1-21(27(17-34-20-33-2)24-6-4-22(14-24)10-13-38)28-19-37(29-8-7-25(31)15-26(28)29)18-23-5-9-30(36-16-23)35-12-3-11-32/h3,5,9,11-12,15-17,19-20,22,24,32,38H,1-2,4,6-8,10,13-14,18H2,(H,35,36)/b12-3-,27-17-,32-11?,34-20-. The first-order valence-corrected chi connectivity index (χ1v) is 13.6. The van der Waals surface area contributed by atoms with Crippen molar-refractivity contribution in [1.29, 1.82) is 5.41 Å². The lowest BCUT2D eigenvalue weighted by molar-refractivity contribution is 0.516. The number of allylic oxidation sites excluding steroid dienone is 4. The number of anilines is 1. The molecule has 198 valence electrons. The van der Waals surface area contributed by atoms with Crippen LogP contribution in [0.15, 0.2) is 71.0 Å². The molecule has 0 spiro atoms. The van der Waals surface area contributed by atoms with Crippen LogP contribution in [-0.4, -0.2) is 34.6 Å². The van der Waals surface area contributed by atoms with Crippen LogP contribution in [0, 0.1) is 17.2 Å². The molecule has 38 heavy (non-hydrogen) atoms. The van der Waals surface area contributed by atoms with E-state index in [1.165, 1.54) is 19.0 Å². The Bertz CT molecular complexity index is 1280. The Hall–Kier alpha value is -3.52. The molecule has 2 N–H and O–H groups in total. The van der Waals surface area contributed by atoms with Crippen LogP contribution in [0.25, 0.3) is 11.6 Å². The Morgan fingerprint density at radius 3 is 2.92 bits per heavy atom. The topological polar surface area (TPSA) is 78.4 Å². The van der Waals surface area contributed by atoms with Gasteiger partial charge in [-0.3, -0.25) is 4.99 Å². The van der Waals surface area contributed by atoms with Gasteiger partial charge in [-0.2, -0.15) is 12.6 Å². The summed E-state index contributed by atoms with van der Waals surface area (Å²) >= 11 is 4.44. The van der Waals surface area contributed by atoms with Crippen molar-refractivity contribution in [2.75, 3.05) is 11.1 Å². The lowest BCUT2D eigenvalue weighted by Gasteiger charge is -2.18. The van der Waals surface area contributed by atoms with Crippen molar-refractivity contribution in [1.82, 2.24) is 9.55 Å². The molecule has 2 unspecified atom stereocenters. The van der Waals surface area contributed by atoms with Crippen molar-refractivity contribution in [3.63, 3.8) is 0 Å². The maximum Gasteiger partial charge on any atom is 0.129 e. The van der Waals surface area contributed by atoms with Crippen molar-refractivity contribution in [2.45, 2.75) is 45.1 Å². The first-order valence-electron chi connectivity index (χ1n) is 13.0. The third-order valence-corrected chi connectivity index (χ3v) is 7.55. The van der Waals surface area contributed by atoms with Gasteiger partial charge in [-0.1, -0.05) is 12.6 Å². The average molecular weight is 531 g/mol. The number of fused-ring (bicyclic) bond motifs is 1. The second kappa shape index (κ2) is 13.3. The van der Waals surface area contributed by atoms with Gasteiger partial charge in [0.2, 0.25) is 0 Å². The zero-order valence-electron chi connectivity index (χ0n) is 21.6. The van der Waals surface area contributed by atoms with Gasteiger partial charge < -0.3 is 15.3 Å². The van der Waals surface area contributed by atoms with Gasteiger partial charge in [0.05, 0.1) is 0 Å². The van der Waals surface area contributed by atoms with Crippen LogP contribution in [0.5, 0.6) is 0 Å². The van der Waals surface area contributed by atoms with Crippen molar-refractivity contribution < 1.29 is 4.39 Å². The van der Waals surface area contributed by atoms with E-state index in [1.807, 2.05) is 24.5 Å². The number of hydrogen-bond acceptors (Lipinski definition) is 5. The molecule has 8 heteroatoms. The van der Waals surface area contributed by atoms with Gasteiger partial charge in [0.1, 0.15) is 18.0 Å². The Morgan fingerprint density at radius 2 is 2.18 bits per heavy atom. The van der Waals surface area contributed by atoms with E-state index < -0.39 is 0 Å². The van der Waals surface area contributed by atoms with E-state index in [-0.39, 0.29) is 5.83 Å². The van der Waals surface area contributed by atoms with E-state index in [2.05, 4.69) is 57.0 Å². The van der Waals surface area contributed by atoms with Crippen LogP contribution in [0.1, 0.15) is 54.5 Å². The van der Waals surface area contributed by atoms with E-state index in [9.17, 15) is 4.39 Å². The number of aliphatic imine (C=N–C) groups is 2. The molecule has 6 nitrogen and oxygen atoms in total. The summed E-state index contributed by atoms with van der Waals surface area (Å²) in [5.74, 6) is 2.49. The highest BCUT2D eigenvalue weighted by molar-refractivity contribution is 7.80. The molecule has 0 bridgehead atoms. The third-order valence-electron chi connectivity index (χ3n) is 7.29. The first kappa shape index (κ1) is 27.5. The molecule has 2 aliphatic rings. The summed E-state index contributed by atoms with van der Waals surface area (Å²) in [5.41, 5.74) is 5.97. The largest absolute Gasteiger partial charge is 0.347 e. The Labute approximate surface area is 229 Å². The molecular weight excluding hydrogens is 495 g/mol. The number of halogens is 1. The molecule has 1 saturated carbocycles. The molecule has 2 atom stereocenters. The fraction of sp³-hybridized carbons (Fsp3) is 0.333. The van der Waals surface area contributed by atoms with Crippen molar-refractivity contribution >= 4 is 49.4 Å². The minimum absolute atomic E-state index is 0.103. The fourth-order valence-electron chi connectivity index (χ4n) is 5.43. The number of aromatic nitrogens is 2. The summed E-state index contributed by atoms with van der Waals surface area (Å²) in [6, 6.07) is 3.93. The smallest absolute Gasteiger partial charge is 0.129 e. The van der Waals surface area contributed by atoms with Gasteiger partial charge in [-0.05, 0) is 91.3 Å². The number of rotatable bonds is 12. The quantitative estimate of drug-likeness (QED) is 0.118. The molecule has 2 aromatic rings. The van der Waals surface area contributed by atoms with E-state index in [0.29, 0.717) is 37.0 Å². The van der Waals surface area contributed by atoms with Crippen LogP contribution in [0.3, 0.4) is 0 Å². The molecule has 0 amide bonds. The first-order chi connectivity index (χ1) is 18.5. The van der Waals surface area contributed by atoms with Gasteiger partial charge in [-0.15, -0.1) is 0 Å². The highest BCUT2D eigenvalue weighted by atomic mass is 32.1. The average Bonchev–Trinajstić information content (AvgIpc) is 3.52. The fourth-order valence-corrected chi connectivity index (χ4v) is 5.80. The lowest BCUT2D eigenvalue weighted by Crippen LogP contribution is -2.07. The summed E-state index contributed by atoms with van der Waals surface area (Å²) in [5, 5.41) is 10.1. The number of nitrogens with zero attached hydrogens (tertiary/aromatic N) is 4. The van der Waals surface area contributed by atoms with Crippen LogP contribution in [0.4, 0.5) is 10.2 Å². The maximum absolute atomic E-state index is 14.5. The van der Waals surface area contributed by atoms with E-state index in [4.69, 9.17) is 5.41 Å². The molecule has 2 heterocycles. The SMILES string of the molecule is C=N/C=N\C=C(\C(=C)c1cn(Cc2ccc(N/C=C\C=N)nc2)c2c1C=C(F)CC2)C1CCC(CCS)C1. The van der Waals surface area contributed by atoms with E-state index in [1.54, 1.807) is 18.4 Å². The Balaban J connectivity index is 1.64. The highest BCUT2D eigenvalue weighted by Crippen LogP contribution is 2.44. The summed E-state index contributed by atoms with van der Waals surface area (Å²) in [7, 11) is 0. The monoisotopic (exact) mass is 530 g/mol. The Kier molecular flexibility index (Phi) is 9.65. The van der Waals surface area contributed by atoms with Crippen LogP contribution in [-0.2, 0) is 13.0 Å². The van der Waals surface area contributed by atoms with Gasteiger partial charge in [0.15, 0.2) is 0 Å². The number of nitrogens with one attached hydrogen (secondary N) is 2. The van der Waals surface area contributed by atoms with Gasteiger partial charge in [0, 0.05) is 60.8 Å². The zero-order valence-corrected chi connectivity index (χ0v) is 22.5. The molecule has 0 aliphatic heterocycles. The van der Waals surface area contributed by atoms with Crippen LogP contribution >= 0.6 is 12.6 Å². The van der Waals surface area contributed by atoms with Crippen LogP contribution in [0.2, 0.25) is 0 Å². The van der Waals surface area contributed by atoms with Gasteiger partial charge >= 0.3 is 0 Å². The second-order valence-electron chi connectivity index (χ2n) is 9.74. The summed E-state index contributed by atoms with van der Waals surface area (Å²) in [6.07, 6.45) is 18.8. The summed E-state index contributed by atoms with van der Waals surface area (Å²) in [4.78, 5) is 12.6. The molecule has 0 saturated heterocycles. The molecule has 2 aromatic heterocycles. The van der Waals surface area contributed by atoms with Crippen molar-refractivity contribution in [3.05, 3.63) is 83.4 Å². The van der Waals surface area contributed by atoms with E-state index >= 15 is 0 Å². The minimum atomic E-state index is -0.103. The van der Waals surface area contributed by atoms with Crippen molar-refractivity contribution in [2.24, 2.45) is 21.8 Å². The maximum atomic E-state index is 14.5. The molecule has 0 aromatic carbocycles. The van der Waals surface area contributed by atoms with Crippen molar-refractivity contribution in [3.8, 4) is 0 Å². The van der Waals surface area contributed by atoms with E-state index in [0.717, 1.165) is 58.5 Å². The predicted molar refractivity (Wildman–Crippen MR) is 161 cm³/mol. The van der Waals surface area contributed by atoms with Crippen LogP contribution < -0.4 is 5.32 Å².